The SMILES string of the molecule is Cc1ccc(-c2csc(NC(=O)c3cc(Cl)c[nH]3)n2)c(C)c1. The molecule has 1 aromatic carbocycles. The second kappa shape index (κ2) is 5.94. The number of amides is 1. The van der Waals surface area contributed by atoms with Gasteiger partial charge in [0.15, 0.2) is 5.13 Å². The molecule has 0 unspecified atom stereocenters. The van der Waals surface area contributed by atoms with E-state index in [1.54, 1.807) is 12.3 Å². The lowest BCUT2D eigenvalue weighted by Gasteiger charge is -2.03. The highest BCUT2D eigenvalue weighted by Crippen LogP contribution is 2.28. The van der Waals surface area contributed by atoms with E-state index in [0.717, 1.165) is 11.3 Å². The Kier molecular flexibility index (Phi) is 4.00. The van der Waals surface area contributed by atoms with Gasteiger partial charge in [-0.05, 0) is 25.5 Å². The summed E-state index contributed by atoms with van der Waals surface area (Å²) >= 11 is 7.19. The van der Waals surface area contributed by atoms with Crippen molar-refractivity contribution >= 4 is 34.0 Å². The van der Waals surface area contributed by atoms with Crippen LogP contribution in [-0.4, -0.2) is 15.9 Å². The summed E-state index contributed by atoms with van der Waals surface area (Å²) in [6, 6.07) is 7.81. The first kappa shape index (κ1) is 14.8. The van der Waals surface area contributed by atoms with Gasteiger partial charge in [-0.3, -0.25) is 10.1 Å². The summed E-state index contributed by atoms with van der Waals surface area (Å²) in [6.07, 6.45) is 1.57. The van der Waals surface area contributed by atoms with Crippen LogP contribution in [0, 0.1) is 13.8 Å². The third kappa shape index (κ3) is 3.05. The van der Waals surface area contributed by atoms with Gasteiger partial charge in [0.05, 0.1) is 10.7 Å². The molecule has 0 aliphatic carbocycles. The largest absolute Gasteiger partial charge is 0.356 e. The van der Waals surface area contributed by atoms with Gasteiger partial charge in [-0.1, -0.05) is 35.4 Å². The molecule has 3 rings (SSSR count). The smallest absolute Gasteiger partial charge is 0.273 e. The van der Waals surface area contributed by atoms with Crippen LogP contribution in [0.4, 0.5) is 5.13 Å². The van der Waals surface area contributed by atoms with E-state index in [1.165, 1.54) is 22.5 Å². The summed E-state index contributed by atoms with van der Waals surface area (Å²) in [7, 11) is 0. The fourth-order valence-electron chi connectivity index (χ4n) is 2.22. The molecule has 0 spiro atoms. The van der Waals surface area contributed by atoms with Crippen LogP contribution in [0.25, 0.3) is 11.3 Å². The van der Waals surface area contributed by atoms with E-state index < -0.39 is 0 Å². The van der Waals surface area contributed by atoms with Crippen LogP contribution in [0.3, 0.4) is 0 Å². The molecule has 2 aromatic heterocycles. The van der Waals surface area contributed by atoms with Gasteiger partial charge in [0.25, 0.3) is 5.91 Å². The van der Waals surface area contributed by atoms with Crippen molar-refractivity contribution in [3.8, 4) is 11.3 Å². The summed E-state index contributed by atoms with van der Waals surface area (Å²) < 4.78 is 0. The molecule has 0 fully saturated rings. The van der Waals surface area contributed by atoms with Gasteiger partial charge in [-0.25, -0.2) is 4.98 Å². The minimum Gasteiger partial charge on any atom is -0.356 e. The molecule has 0 saturated carbocycles. The zero-order chi connectivity index (χ0) is 15.7. The highest BCUT2D eigenvalue weighted by Gasteiger charge is 2.12. The van der Waals surface area contributed by atoms with Gasteiger partial charge in [-0.2, -0.15) is 0 Å². The Morgan fingerprint density at radius 3 is 2.82 bits per heavy atom. The molecule has 0 aliphatic heterocycles. The Bertz CT molecular complexity index is 838. The lowest BCUT2D eigenvalue weighted by atomic mass is 10.0. The van der Waals surface area contributed by atoms with E-state index in [0.29, 0.717) is 15.8 Å². The molecule has 4 nitrogen and oxygen atoms in total. The van der Waals surface area contributed by atoms with E-state index in [4.69, 9.17) is 11.6 Å². The van der Waals surface area contributed by atoms with Crippen molar-refractivity contribution in [3.63, 3.8) is 0 Å². The number of carbonyl (C=O) groups excluding carboxylic acids is 1. The molecule has 0 bridgehead atoms. The van der Waals surface area contributed by atoms with Crippen LogP contribution in [0.1, 0.15) is 21.6 Å². The minimum atomic E-state index is -0.256. The average molecular weight is 332 g/mol. The Hall–Kier alpha value is -2.11. The van der Waals surface area contributed by atoms with Crippen molar-refractivity contribution in [2.45, 2.75) is 13.8 Å². The van der Waals surface area contributed by atoms with Crippen molar-refractivity contribution in [2.24, 2.45) is 0 Å². The van der Waals surface area contributed by atoms with E-state index in [9.17, 15) is 4.79 Å². The van der Waals surface area contributed by atoms with E-state index in [-0.39, 0.29) is 5.91 Å². The highest BCUT2D eigenvalue weighted by molar-refractivity contribution is 7.14. The fraction of sp³-hybridized carbons (Fsp3) is 0.125. The normalized spacial score (nSPS) is 10.7. The number of benzene rings is 1. The Morgan fingerprint density at radius 2 is 2.14 bits per heavy atom. The van der Waals surface area contributed by atoms with Crippen molar-refractivity contribution in [1.82, 2.24) is 9.97 Å². The van der Waals surface area contributed by atoms with Crippen molar-refractivity contribution in [1.29, 1.82) is 0 Å². The zero-order valence-corrected chi connectivity index (χ0v) is 13.7. The zero-order valence-electron chi connectivity index (χ0n) is 12.1. The maximum atomic E-state index is 12.1. The number of hydrogen-bond acceptors (Lipinski definition) is 3. The number of nitrogens with one attached hydrogen (secondary N) is 2. The second-order valence-electron chi connectivity index (χ2n) is 5.04. The fourth-order valence-corrected chi connectivity index (χ4v) is 3.09. The van der Waals surface area contributed by atoms with Crippen LogP contribution in [0.5, 0.6) is 0 Å². The molecule has 6 heteroatoms. The first-order chi connectivity index (χ1) is 10.5. The molecule has 2 N–H and O–H groups in total. The topological polar surface area (TPSA) is 57.8 Å². The van der Waals surface area contributed by atoms with Gasteiger partial charge in [0, 0.05) is 17.1 Å². The lowest BCUT2D eigenvalue weighted by Crippen LogP contribution is -2.11. The number of carbonyl (C=O) groups is 1. The summed E-state index contributed by atoms with van der Waals surface area (Å²) in [4.78, 5) is 19.3. The van der Waals surface area contributed by atoms with Crippen LogP contribution in [0.2, 0.25) is 5.02 Å². The molecule has 0 aliphatic rings. The number of thiazole rings is 1. The third-order valence-corrected chi connectivity index (χ3v) is 4.25. The monoisotopic (exact) mass is 331 g/mol. The number of aromatic nitrogens is 2. The van der Waals surface area contributed by atoms with E-state index >= 15 is 0 Å². The van der Waals surface area contributed by atoms with Crippen LogP contribution in [0.15, 0.2) is 35.8 Å². The van der Waals surface area contributed by atoms with Gasteiger partial charge in [-0.15, -0.1) is 11.3 Å². The molecule has 112 valence electrons. The van der Waals surface area contributed by atoms with E-state index in [1.807, 2.05) is 5.38 Å². The van der Waals surface area contributed by atoms with Crippen molar-refractivity contribution in [3.05, 3.63) is 57.7 Å². The molecule has 0 radical (unpaired) electrons. The predicted molar refractivity (Wildman–Crippen MR) is 90.8 cm³/mol. The van der Waals surface area contributed by atoms with Gasteiger partial charge < -0.3 is 4.98 Å². The molecule has 22 heavy (non-hydrogen) atoms. The third-order valence-electron chi connectivity index (χ3n) is 3.27. The Balaban J connectivity index is 1.80. The molecule has 3 aromatic rings. The standard InChI is InChI=1S/C16H14ClN3OS/c1-9-3-4-12(10(2)5-9)14-8-22-16(19-14)20-15(21)13-6-11(17)7-18-13/h3-8,18H,1-2H3,(H,19,20,21). The van der Waals surface area contributed by atoms with Gasteiger partial charge >= 0.3 is 0 Å². The summed E-state index contributed by atoms with van der Waals surface area (Å²) in [5.41, 5.74) is 4.73. The Labute approximate surface area is 137 Å². The summed E-state index contributed by atoms with van der Waals surface area (Å²) in [6.45, 7) is 4.12. The number of H-pyrrole nitrogens is 1. The van der Waals surface area contributed by atoms with Crippen LogP contribution < -0.4 is 5.32 Å². The number of anilines is 1. The molecular formula is C16H14ClN3OS. The van der Waals surface area contributed by atoms with Crippen molar-refractivity contribution in [2.75, 3.05) is 5.32 Å². The maximum absolute atomic E-state index is 12.1. The first-order valence-electron chi connectivity index (χ1n) is 6.71. The van der Waals surface area contributed by atoms with Crippen LogP contribution >= 0.6 is 22.9 Å². The number of hydrogen-bond donors (Lipinski definition) is 2. The first-order valence-corrected chi connectivity index (χ1v) is 7.97. The molecule has 0 saturated heterocycles. The molecule has 0 atom stereocenters. The summed E-state index contributed by atoms with van der Waals surface area (Å²) in [5.74, 6) is -0.256. The quantitative estimate of drug-likeness (QED) is 0.733. The van der Waals surface area contributed by atoms with Gasteiger partial charge in [0.2, 0.25) is 0 Å². The molecule has 2 heterocycles. The minimum absolute atomic E-state index is 0.256. The molecular weight excluding hydrogens is 318 g/mol. The average Bonchev–Trinajstić information content (AvgIpc) is 3.08. The molecule has 1 amide bonds. The highest BCUT2D eigenvalue weighted by atomic mass is 35.5. The van der Waals surface area contributed by atoms with Crippen molar-refractivity contribution < 1.29 is 4.79 Å². The lowest BCUT2D eigenvalue weighted by molar-refractivity contribution is 0.102. The maximum Gasteiger partial charge on any atom is 0.273 e. The second-order valence-corrected chi connectivity index (χ2v) is 6.34. The number of halogens is 1. The van der Waals surface area contributed by atoms with Gasteiger partial charge in [0.1, 0.15) is 5.69 Å². The Morgan fingerprint density at radius 1 is 1.32 bits per heavy atom. The van der Waals surface area contributed by atoms with Crippen LogP contribution in [-0.2, 0) is 0 Å². The number of aromatic amines is 1. The number of rotatable bonds is 3. The number of aryl methyl sites for hydroxylation is 2. The number of nitrogens with zero attached hydrogens (tertiary/aromatic N) is 1. The predicted octanol–water partition coefficient (Wildman–Crippen LogP) is 4.66. The summed E-state index contributed by atoms with van der Waals surface area (Å²) in [5, 5.41) is 5.77. The van der Waals surface area contributed by atoms with E-state index in [2.05, 4.69) is 47.3 Å².